The van der Waals surface area contributed by atoms with Crippen LogP contribution >= 0.6 is 11.3 Å². The van der Waals surface area contributed by atoms with E-state index in [2.05, 4.69) is 30.3 Å². The van der Waals surface area contributed by atoms with Crippen molar-refractivity contribution >= 4 is 44.9 Å². The third-order valence-electron chi connectivity index (χ3n) is 7.49. The lowest BCUT2D eigenvalue weighted by molar-refractivity contribution is -0.139. The summed E-state index contributed by atoms with van der Waals surface area (Å²) < 4.78 is 19.3. The van der Waals surface area contributed by atoms with Crippen LogP contribution in [-0.4, -0.2) is 30.4 Å². The van der Waals surface area contributed by atoms with Crippen LogP contribution in [0.1, 0.15) is 44.9 Å². The summed E-state index contributed by atoms with van der Waals surface area (Å²) in [5, 5.41) is 4.30. The molecule has 0 radical (unpaired) electrons. The molecule has 2 heterocycles. The van der Waals surface area contributed by atoms with E-state index in [1.54, 1.807) is 18.4 Å². The molecule has 1 aliphatic heterocycles. The maximum Gasteiger partial charge on any atom is 0.338 e. The highest BCUT2D eigenvalue weighted by Gasteiger charge is 2.34. The fourth-order valence-corrected chi connectivity index (χ4v) is 6.71. The van der Waals surface area contributed by atoms with Crippen molar-refractivity contribution in [1.82, 2.24) is 4.57 Å². The van der Waals surface area contributed by atoms with Crippen molar-refractivity contribution in [2.24, 2.45) is 4.99 Å². The Morgan fingerprint density at radius 3 is 2.19 bits per heavy atom. The number of allylic oxidation sites excluding steroid dienone is 1. The SMILES string of the molecule is CCOC(=O)C1=C(C)N=c2s/c(=C\c3c4ccccc4cc4ccccc34)c(=O)n2[C@H]1c1ccc(OCC)c(OCC)c1. The molecule has 7 nitrogen and oxygen atoms in total. The predicted molar refractivity (Wildman–Crippen MR) is 171 cm³/mol. The standard InChI is InChI=1S/C35H32N2O5S/c1-5-40-28-17-16-24(19-29(28)41-6-2)32-31(34(39)42-7-3)21(4)36-35-37(32)33(38)30(43-35)20-27-25-14-10-8-12-22(25)18-23-13-9-11-15-26(23)27/h8-20,32H,5-7H2,1-4H3/b30-20-/t32-/m0/s1. The second-order valence-corrected chi connectivity index (χ2v) is 11.1. The number of thiazole rings is 1. The van der Waals surface area contributed by atoms with Gasteiger partial charge < -0.3 is 14.2 Å². The van der Waals surface area contributed by atoms with Crippen LogP contribution in [0, 0.1) is 0 Å². The molecule has 43 heavy (non-hydrogen) atoms. The van der Waals surface area contributed by atoms with Crippen LogP contribution in [0.15, 0.2) is 93.9 Å². The maximum atomic E-state index is 14.3. The number of nitrogens with zero attached hydrogens (tertiary/aromatic N) is 2. The normalized spacial score (nSPS) is 15.0. The molecule has 0 spiro atoms. The molecule has 0 aliphatic carbocycles. The molecule has 8 heteroatoms. The molecule has 0 bridgehead atoms. The summed E-state index contributed by atoms with van der Waals surface area (Å²) in [7, 11) is 0. The van der Waals surface area contributed by atoms with E-state index in [0.29, 0.717) is 50.9 Å². The topological polar surface area (TPSA) is 79.1 Å². The summed E-state index contributed by atoms with van der Waals surface area (Å²) in [5.41, 5.74) is 2.28. The summed E-state index contributed by atoms with van der Waals surface area (Å²) in [6, 6.07) is 23.3. The summed E-state index contributed by atoms with van der Waals surface area (Å²) >= 11 is 1.31. The molecule has 4 aromatic carbocycles. The summed E-state index contributed by atoms with van der Waals surface area (Å²) in [6.07, 6.45) is 1.96. The molecule has 0 N–H and O–H groups in total. The van der Waals surface area contributed by atoms with Crippen LogP contribution < -0.4 is 24.4 Å². The van der Waals surface area contributed by atoms with Gasteiger partial charge in [0.15, 0.2) is 16.3 Å². The molecule has 6 rings (SSSR count). The quantitative estimate of drug-likeness (QED) is 0.166. The largest absolute Gasteiger partial charge is 0.490 e. The van der Waals surface area contributed by atoms with Gasteiger partial charge in [0.2, 0.25) is 0 Å². The second-order valence-electron chi connectivity index (χ2n) is 10.1. The van der Waals surface area contributed by atoms with Crippen LogP contribution in [0.2, 0.25) is 0 Å². The molecular formula is C35H32N2O5S. The fourth-order valence-electron chi connectivity index (χ4n) is 5.68. The first-order valence-corrected chi connectivity index (χ1v) is 15.3. The molecule has 0 saturated heterocycles. The van der Waals surface area contributed by atoms with Gasteiger partial charge in [-0.25, -0.2) is 9.79 Å². The molecule has 1 aliphatic rings. The monoisotopic (exact) mass is 592 g/mol. The average molecular weight is 593 g/mol. The highest BCUT2D eigenvalue weighted by atomic mass is 32.1. The number of carbonyl (C=O) groups is 1. The van der Waals surface area contributed by atoms with Gasteiger partial charge in [0.05, 0.1) is 41.7 Å². The minimum atomic E-state index is -0.753. The van der Waals surface area contributed by atoms with Crippen LogP contribution in [-0.2, 0) is 9.53 Å². The smallest absolute Gasteiger partial charge is 0.338 e. The Morgan fingerprint density at radius 1 is 0.884 bits per heavy atom. The number of hydrogen-bond donors (Lipinski definition) is 0. The van der Waals surface area contributed by atoms with Gasteiger partial charge >= 0.3 is 5.97 Å². The Hall–Kier alpha value is -4.69. The molecule has 0 fully saturated rings. The van der Waals surface area contributed by atoms with Crippen LogP contribution in [0.25, 0.3) is 27.6 Å². The summed E-state index contributed by atoms with van der Waals surface area (Å²) in [5.74, 6) is 0.640. The predicted octanol–water partition coefficient (Wildman–Crippen LogP) is 5.90. The number of rotatable bonds is 8. The highest BCUT2D eigenvalue weighted by Crippen LogP contribution is 2.36. The van der Waals surface area contributed by atoms with Gasteiger partial charge in [0, 0.05) is 0 Å². The van der Waals surface area contributed by atoms with E-state index in [1.165, 1.54) is 11.3 Å². The van der Waals surface area contributed by atoms with E-state index >= 15 is 0 Å². The zero-order chi connectivity index (χ0) is 30.1. The van der Waals surface area contributed by atoms with Crippen molar-refractivity contribution in [3.63, 3.8) is 0 Å². The third-order valence-corrected chi connectivity index (χ3v) is 8.47. The van der Waals surface area contributed by atoms with E-state index < -0.39 is 12.0 Å². The van der Waals surface area contributed by atoms with Gasteiger partial charge in [-0.3, -0.25) is 9.36 Å². The van der Waals surface area contributed by atoms with Gasteiger partial charge in [-0.15, -0.1) is 0 Å². The lowest BCUT2D eigenvalue weighted by Gasteiger charge is -2.25. The molecule has 0 unspecified atom stereocenters. The Labute approximate surface area is 253 Å². The molecule has 1 atom stereocenters. The first-order valence-electron chi connectivity index (χ1n) is 14.4. The first-order chi connectivity index (χ1) is 20.9. The molecule has 1 aromatic heterocycles. The van der Waals surface area contributed by atoms with E-state index in [-0.39, 0.29) is 12.2 Å². The third kappa shape index (κ3) is 5.12. The number of aromatic nitrogens is 1. The lowest BCUT2D eigenvalue weighted by atomic mass is 9.95. The van der Waals surface area contributed by atoms with Crippen molar-refractivity contribution in [1.29, 1.82) is 0 Å². The number of esters is 1. The second kappa shape index (κ2) is 11.9. The molecule has 218 valence electrons. The molecular weight excluding hydrogens is 560 g/mol. The Morgan fingerprint density at radius 2 is 1.53 bits per heavy atom. The van der Waals surface area contributed by atoms with Crippen molar-refractivity contribution < 1.29 is 19.0 Å². The van der Waals surface area contributed by atoms with Crippen molar-refractivity contribution in [2.45, 2.75) is 33.7 Å². The van der Waals surface area contributed by atoms with Gasteiger partial charge in [-0.2, -0.15) is 0 Å². The number of ether oxygens (including phenoxy) is 3. The van der Waals surface area contributed by atoms with Crippen LogP contribution in [0.3, 0.4) is 0 Å². The number of benzene rings is 4. The number of carbonyl (C=O) groups excluding carboxylic acids is 1. The minimum Gasteiger partial charge on any atom is -0.490 e. The Kier molecular flexibility index (Phi) is 7.86. The van der Waals surface area contributed by atoms with Gasteiger partial charge in [0.25, 0.3) is 5.56 Å². The van der Waals surface area contributed by atoms with E-state index in [1.807, 2.05) is 62.4 Å². The zero-order valence-electron chi connectivity index (χ0n) is 24.5. The number of hydrogen-bond acceptors (Lipinski definition) is 7. The van der Waals surface area contributed by atoms with Crippen LogP contribution in [0.5, 0.6) is 11.5 Å². The minimum absolute atomic E-state index is 0.203. The molecule has 0 saturated carbocycles. The van der Waals surface area contributed by atoms with Crippen molar-refractivity contribution in [2.75, 3.05) is 19.8 Å². The van der Waals surface area contributed by atoms with Gasteiger partial charge in [0.1, 0.15) is 0 Å². The first kappa shape index (κ1) is 28.4. The fraction of sp³-hybridized carbons (Fsp3) is 0.229. The van der Waals surface area contributed by atoms with E-state index in [0.717, 1.165) is 27.1 Å². The van der Waals surface area contributed by atoms with Crippen LogP contribution in [0.4, 0.5) is 0 Å². The van der Waals surface area contributed by atoms with Gasteiger partial charge in [-0.05, 0) is 84.6 Å². The van der Waals surface area contributed by atoms with Crippen molar-refractivity contribution in [3.05, 3.63) is 115 Å². The van der Waals surface area contributed by atoms with E-state index in [9.17, 15) is 9.59 Å². The average Bonchev–Trinajstić information content (AvgIpc) is 3.31. The summed E-state index contributed by atoms with van der Waals surface area (Å²) in [4.78, 5) is 33.0. The van der Waals surface area contributed by atoms with E-state index in [4.69, 9.17) is 19.2 Å². The van der Waals surface area contributed by atoms with Crippen molar-refractivity contribution in [3.8, 4) is 11.5 Å². The summed E-state index contributed by atoms with van der Waals surface area (Å²) in [6.45, 7) is 8.47. The number of fused-ring (bicyclic) bond motifs is 3. The molecule has 5 aromatic rings. The Balaban J connectivity index is 1.62. The Bertz CT molecular complexity index is 2040. The highest BCUT2D eigenvalue weighted by molar-refractivity contribution is 7.07. The molecule has 0 amide bonds. The van der Waals surface area contributed by atoms with Gasteiger partial charge in [-0.1, -0.05) is 65.9 Å². The zero-order valence-corrected chi connectivity index (χ0v) is 25.4. The lowest BCUT2D eigenvalue weighted by Crippen LogP contribution is -2.40. The maximum absolute atomic E-state index is 14.3.